The van der Waals surface area contributed by atoms with Crippen molar-refractivity contribution < 1.29 is 9.21 Å². The molecule has 2 rings (SSSR count). The molecule has 0 unspecified atom stereocenters. The van der Waals surface area contributed by atoms with Crippen LogP contribution in [0.5, 0.6) is 0 Å². The molecule has 2 N–H and O–H groups in total. The van der Waals surface area contributed by atoms with E-state index < -0.39 is 0 Å². The summed E-state index contributed by atoms with van der Waals surface area (Å²) in [6.07, 6.45) is 3.11. The van der Waals surface area contributed by atoms with Gasteiger partial charge in [0.2, 0.25) is 5.91 Å². The summed E-state index contributed by atoms with van der Waals surface area (Å²) >= 11 is 0. The Morgan fingerprint density at radius 3 is 2.65 bits per heavy atom. The number of carbonyl (C=O) groups is 1. The number of carbonyl (C=O) groups excluding carboxylic acids is 1. The van der Waals surface area contributed by atoms with Gasteiger partial charge in [-0.05, 0) is 25.0 Å². The van der Waals surface area contributed by atoms with Gasteiger partial charge in [0.15, 0.2) is 0 Å². The highest BCUT2D eigenvalue weighted by Crippen LogP contribution is 2.12. The van der Waals surface area contributed by atoms with E-state index in [1.165, 1.54) is 0 Å². The lowest BCUT2D eigenvalue weighted by Gasteiger charge is -2.31. The van der Waals surface area contributed by atoms with Crippen LogP contribution in [0.2, 0.25) is 0 Å². The Labute approximate surface area is 120 Å². The molecule has 1 aliphatic rings. The first-order valence-electron chi connectivity index (χ1n) is 7.45. The first kappa shape index (κ1) is 15.1. The fraction of sp³-hybridized carbons (Fsp3) is 0.667. The summed E-state index contributed by atoms with van der Waals surface area (Å²) in [4.78, 5) is 13.5. The molecule has 5 heteroatoms. The molecule has 1 saturated heterocycles. The Kier molecular flexibility index (Phi) is 5.61. The van der Waals surface area contributed by atoms with Gasteiger partial charge in [-0.15, -0.1) is 0 Å². The lowest BCUT2D eigenvalue weighted by atomic mass is 10.1. The Bertz CT molecular complexity index is 423. The molecule has 2 heterocycles. The maximum atomic E-state index is 11.3. The van der Waals surface area contributed by atoms with Crippen molar-refractivity contribution in [3.63, 3.8) is 0 Å². The van der Waals surface area contributed by atoms with Gasteiger partial charge in [0.05, 0.1) is 13.1 Å². The second-order valence-corrected chi connectivity index (χ2v) is 5.33. The molecule has 1 aromatic heterocycles. The van der Waals surface area contributed by atoms with E-state index in [0.29, 0.717) is 12.6 Å². The molecule has 1 fully saturated rings. The topological polar surface area (TPSA) is 57.5 Å². The molecule has 1 amide bonds. The summed E-state index contributed by atoms with van der Waals surface area (Å²) in [6, 6.07) is 4.61. The smallest absolute Gasteiger partial charge is 0.233 e. The number of rotatable bonds is 6. The van der Waals surface area contributed by atoms with Crippen molar-refractivity contribution in [3.8, 4) is 0 Å². The zero-order chi connectivity index (χ0) is 14.4. The molecule has 0 aliphatic carbocycles. The SMILES string of the molecule is CCc1ccc(CNC2CCN(CC(=O)NC)CC2)o1. The van der Waals surface area contributed by atoms with E-state index in [1.54, 1.807) is 7.05 Å². The fourth-order valence-corrected chi connectivity index (χ4v) is 2.53. The highest BCUT2D eigenvalue weighted by atomic mass is 16.3. The largest absolute Gasteiger partial charge is 0.465 e. The summed E-state index contributed by atoms with van der Waals surface area (Å²) in [7, 11) is 1.69. The van der Waals surface area contributed by atoms with Crippen LogP contribution < -0.4 is 10.6 Å². The van der Waals surface area contributed by atoms with E-state index in [9.17, 15) is 4.79 Å². The Morgan fingerprint density at radius 1 is 1.35 bits per heavy atom. The summed E-state index contributed by atoms with van der Waals surface area (Å²) in [5.74, 6) is 2.15. The standard InChI is InChI=1S/C15H25N3O2/c1-3-13-4-5-14(20-13)10-17-12-6-8-18(9-7-12)11-15(19)16-2/h4-5,12,17H,3,6-11H2,1-2H3,(H,16,19). The van der Waals surface area contributed by atoms with Gasteiger partial charge in [-0.1, -0.05) is 6.92 Å². The fourth-order valence-electron chi connectivity index (χ4n) is 2.53. The number of piperidine rings is 1. The van der Waals surface area contributed by atoms with Crippen LogP contribution >= 0.6 is 0 Å². The van der Waals surface area contributed by atoms with E-state index in [0.717, 1.165) is 50.4 Å². The molecule has 1 aliphatic heterocycles. The number of nitrogens with one attached hydrogen (secondary N) is 2. The number of furan rings is 1. The third-order valence-corrected chi connectivity index (χ3v) is 3.86. The second kappa shape index (κ2) is 7.45. The third-order valence-electron chi connectivity index (χ3n) is 3.86. The minimum absolute atomic E-state index is 0.0964. The number of aryl methyl sites for hydroxylation is 1. The Hall–Kier alpha value is -1.33. The van der Waals surface area contributed by atoms with Gasteiger partial charge >= 0.3 is 0 Å². The highest BCUT2D eigenvalue weighted by Gasteiger charge is 2.20. The maximum Gasteiger partial charge on any atom is 0.233 e. The Balaban J connectivity index is 1.68. The van der Waals surface area contributed by atoms with Crippen LogP contribution in [0.4, 0.5) is 0 Å². The molecule has 0 spiro atoms. The first-order chi connectivity index (χ1) is 9.71. The summed E-state index contributed by atoms with van der Waals surface area (Å²) in [6.45, 7) is 5.35. The van der Waals surface area contributed by atoms with Gasteiger partial charge in [0, 0.05) is 32.6 Å². The molecule has 5 nitrogen and oxygen atoms in total. The predicted molar refractivity (Wildman–Crippen MR) is 78.5 cm³/mol. The molecular formula is C15H25N3O2. The molecule has 0 bridgehead atoms. The monoisotopic (exact) mass is 279 g/mol. The highest BCUT2D eigenvalue weighted by molar-refractivity contribution is 5.77. The van der Waals surface area contributed by atoms with E-state index in [1.807, 2.05) is 12.1 Å². The number of likely N-dealkylation sites (tertiary alicyclic amines) is 1. The number of likely N-dealkylation sites (N-methyl/N-ethyl adjacent to an activating group) is 1. The van der Waals surface area contributed by atoms with Crippen molar-refractivity contribution in [2.75, 3.05) is 26.7 Å². The normalized spacial score (nSPS) is 17.3. The average molecular weight is 279 g/mol. The number of hydrogen-bond donors (Lipinski definition) is 2. The van der Waals surface area contributed by atoms with E-state index in [2.05, 4.69) is 22.5 Å². The van der Waals surface area contributed by atoms with Crippen LogP contribution in [-0.4, -0.2) is 43.5 Å². The van der Waals surface area contributed by atoms with Crippen LogP contribution in [0.1, 0.15) is 31.3 Å². The molecule has 0 aromatic carbocycles. The first-order valence-corrected chi connectivity index (χ1v) is 7.45. The van der Waals surface area contributed by atoms with Crippen molar-refractivity contribution in [1.82, 2.24) is 15.5 Å². The van der Waals surface area contributed by atoms with Crippen molar-refractivity contribution in [1.29, 1.82) is 0 Å². The van der Waals surface area contributed by atoms with Crippen molar-refractivity contribution in [3.05, 3.63) is 23.7 Å². The minimum atomic E-state index is 0.0964. The molecule has 0 radical (unpaired) electrons. The number of hydrogen-bond acceptors (Lipinski definition) is 4. The zero-order valence-corrected chi connectivity index (χ0v) is 12.4. The summed E-state index contributed by atoms with van der Waals surface area (Å²) < 4.78 is 5.69. The van der Waals surface area contributed by atoms with Gasteiger partial charge in [-0.2, -0.15) is 0 Å². The molecule has 112 valence electrons. The quantitative estimate of drug-likeness (QED) is 0.820. The van der Waals surface area contributed by atoms with Gasteiger partial charge in [-0.25, -0.2) is 0 Å². The lowest BCUT2D eigenvalue weighted by molar-refractivity contribution is -0.122. The number of amides is 1. The number of nitrogens with zero attached hydrogens (tertiary/aromatic N) is 1. The van der Waals surface area contributed by atoms with E-state index in [-0.39, 0.29) is 5.91 Å². The van der Waals surface area contributed by atoms with E-state index in [4.69, 9.17) is 4.42 Å². The predicted octanol–water partition coefficient (Wildman–Crippen LogP) is 1.14. The second-order valence-electron chi connectivity index (χ2n) is 5.33. The van der Waals surface area contributed by atoms with Crippen molar-refractivity contribution >= 4 is 5.91 Å². The van der Waals surface area contributed by atoms with Gasteiger partial charge in [0.25, 0.3) is 0 Å². The van der Waals surface area contributed by atoms with Crippen LogP contribution in [-0.2, 0) is 17.8 Å². The molecule has 1 aromatic rings. The van der Waals surface area contributed by atoms with Crippen molar-refractivity contribution in [2.45, 2.75) is 38.8 Å². The summed E-state index contributed by atoms with van der Waals surface area (Å²) in [5.41, 5.74) is 0. The zero-order valence-electron chi connectivity index (χ0n) is 12.4. The van der Waals surface area contributed by atoms with E-state index >= 15 is 0 Å². The van der Waals surface area contributed by atoms with Crippen LogP contribution in [0.25, 0.3) is 0 Å². The molecule has 0 atom stereocenters. The molecule has 20 heavy (non-hydrogen) atoms. The van der Waals surface area contributed by atoms with Crippen LogP contribution in [0.15, 0.2) is 16.5 Å². The lowest BCUT2D eigenvalue weighted by Crippen LogP contribution is -2.45. The average Bonchev–Trinajstić information content (AvgIpc) is 2.94. The molecule has 0 saturated carbocycles. The van der Waals surface area contributed by atoms with Crippen LogP contribution in [0, 0.1) is 0 Å². The van der Waals surface area contributed by atoms with Gasteiger partial charge < -0.3 is 15.1 Å². The minimum Gasteiger partial charge on any atom is -0.465 e. The summed E-state index contributed by atoms with van der Waals surface area (Å²) in [5, 5.41) is 6.21. The Morgan fingerprint density at radius 2 is 2.05 bits per heavy atom. The van der Waals surface area contributed by atoms with Crippen LogP contribution in [0.3, 0.4) is 0 Å². The van der Waals surface area contributed by atoms with Gasteiger partial charge in [-0.3, -0.25) is 9.69 Å². The third kappa shape index (κ3) is 4.35. The van der Waals surface area contributed by atoms with Crippen molar-refractivity contribution in [2.24, 2.45) is 0 Å². The maximum absolute atomic E-state index is 11.3. The molecular weight excluding hydrogens is 254 g/mol. The van der Waals surface area contributed by atoms with Gasteiger partial charge in [0.1, 0.15) is 11.5 Å².